The maximum absolute atomic E-state index is 12.4. The second-order valence-corrected chi connectivity index (χ2v) is 7.33. The van der Waals surface area contributed by atoms with Gasteiger partial charge in [-0.25, -0.2) is 9.97 Å². The van der Waals surface area contributed by atoms with Gasteiger partial charge in [-0.1, -0.05) is 0 Å². The fourth-order valence-corrected chi connectivity index (χ4v) is 3.58. The van der Waals surface area contributed by atoms with Gasteiger partial charge in [-0.05, 0) is 67.5 Å². The highest BCUT2D eigenvalue weighted by Gasteiger charge is 2.20. The number of anilines is 2. The monoisotopic (exact) mass is 392 g/mol. The Balaban J connectivity index is 1.48. The Morgan fingerprint density at radius 2 is 2.17 bits per heavy atom. The first-order valence-electron chi connectivity index (χ1n) is 9.75. The zero-order chi connectivity index (χ0) is 20.2. The van der Waals surface area contributed by atoms with Crippen molar-refractivity contribution in [2.75, 3.05) is 24.3 Å². The van der Waals surface area contributed by atoms with E-state index in [9.17, 15) is 4.79 Å². The second-order valence-electron chi connectivity index (χ2n) is 7.33. The van der Waals surface area contributed by atoms with E-state index in [0.717, 1.165) is 30.2 Å². The van der Waals surface area contributed by atoms with Crippen LogP contribution in [0.2, 0.25) is 0 Å². The van der Waals surface area contributed by atoms with E-state index in [-0.39, 0.29) is 17.7 Å². The van der Waals surface area contributed by atoms with Crippen molar-refractivity contribution in [3.05, 3.63) is 54.5 Å². The van der Waals surface area contributed by atoms with Crippen LogP contribution in [-0.4, -0.2) is 35.2 Å². The van der Waals surface area contributed by atoms with E-state index in [2.05, 4.69) is 22.2 Å². The molecule has 150 valence electrons. The van der Waals surface area contributed by atoms with Crippen LogP contribution in [0.3, 0.4) is 0 Å². The van der Waals surface area contributed by atoms with Crippen molar-refractivity contribution in [2.45, 2.75) is 25.9 Å². The Morgan fingerprint density at radius 3 is 3.00 bits per heavy atom. The molecule has 1 aromatic carbocycles. The molecule has 0 saturated carbocycles. The number of nitrogens with zero attached hydrogens (tertiary/aromatic N) is 2. The standard InChI is InChI=1S/C22H24N4O3/c1-14-11-15(7-10-28-14)13-29-22-18-5-4-17(12-16(18)6-9-25-22)26-21(27)20-19(23)3-2-8-24-20/h2-6,8-9,12,14-15H,7,10-11,13,23H2,1H3,(H,26,27). The lowest BCUT2D eigenvalue weighted by atomic mass is 9.97. The van der Waals surface area contributed by atoms with E-state index in [4.69, 9.17) is 15.2 Å². The van der Waals surface area contributed by atoms with Crippen LogP contribution in [-0.2, 0) is 4.74 Å². The predicted molar refractivity (Wildman–Crippen MR) is 112 cm³/mol. The molecule has 4 rings (SSSR count). The van der Waals surface area contributed by atoms with E-state index < -0.39 is 0 Å². The van der Waals surface area contributed by atoms with Crippen LogP contribution in [0, 0.1) is 5.92 Å². The average Bonchev–Trinajstić information content (AvgIpc) is 2.72. The number of aromatic nitrogens is 2. The number of hydrogen-bond acceptors (Lipinski definition) is 6. The topological polar surface area (TPSA) is 99.4 Å². The van der Waals surface area contributed by atoms with Crippen molar-refractivity contribution < 1.29 is 14.3 Å². The van der Waals surface area contributed by atoms with Crippen molar-refractivity contribution in [3.8, 4) is 5.88 Å². The summed E-state index contributed by atoms with van der Waals surface area (Å²) in [4.78, 5) is 20.9. The molecular weight excluding hydrogens is 368 g/mol. The number of benzene rings is 1. The van der Waals surface area contributed by atoms with Gasteiger partial charge in [-0.15, -0.1) is 0 Å². The molecule has 1 aliphatic heterocycles. The van der Waals surface area contributed by atoms with E-state index >= 15 is 0 Å². The molecule has 3 N–H and O–H groups in total. The molecule has 1 saturated heterocycles. The summed E-state index contributed by atoms with van der Waals surface area (Å²) in [5.41, 5.74) is 7.03. The molecule has 1 aliphatic rings. The van der Waals surface area contributed by atoms with Gasteiger partial charge in [0.15, 0.2) is 5.69 Å². The second kappa shape index (κ2) is 8.45. The van der Waals surface area contributed by atoms with Gasteiger partial charge >= 0.3 is 0 Å². The fraction of sp³-hybridized carbons (Fsp3) is 0.318. The molecule has 1 fully saturated rings. The Labute approximate surface area is 169 Å². The number of fused-ring (bicyclic) bond motifs is 1. The van der Waals surface area contributed by atoms with Crippen LogP contribution < -0.4 is 15.8 Å². The SMILES string of the molecule is CC1CC(COc2nccc3cc(NC(=O)c4ncccc4N)ccc23)CCO1. The summed E-state index contributed by atoms with van der Waals surface area (Å²) in [6.07, 6.45) is 5.53. The highest BCUT2D eigenvalue weighted by atomic mass is 16.5. The third kappa shape index (κ3) is 4.46. The molecule has 7 heteroatoms. The third-order valence-electron chi connectivity index (χ3n) is 5.09. The lowest BCUT2D eigenvalue weighted by Crippen LogP contribution is -2.27. The number of carbonyl (C=O) groups excluding carboxylic acids is 1. The number of nitrogen functional groups attached to an aromatic ring is 1. The van der Waals surface area contributed by atoms with E-state index in [1.54, 1.807) is 24.5 Å². The summed E-state index contributed by atoms with van der Waals surface area (Å²) in [6, 6.07) is 10.8. The highest BCUT2D eigenvalue weighted by molar-refractivity contribution is 6.07. The lowest BCUT2D eigenvalue weighted by molar-refractivity contribution is -0.00808. The first-order chi connectivity index (χ1) is 14.1. The first kappa shape index (κ1) is 19.1. The number of hydrogen-bond donors (Lipinski definition) is 2. The summed E-state index contributed by atoms with van der Waals surface area (Å²) in [5, 5.41) is 4.68. The Hall–Kier alpha value is -3.19. The number of carbonyl (C=O) groups is 1. The number of ether oxygens (including phenoxy) is 2. The summed E-state index contributed by atoms with van der Waals surface area (Å²) >= 11 is 0. The van der Waals surface area contributed by atoms with Gasteiger partial charge in [0.1, 0.15) is 0 Å². The van der Waals surface area contributed by atoms with Gasteiger partial charge in [0, 0.05) is 30.1 Å². The number of rotatable bonds is 5. The maximum atomic E-state index is 12.4. The van der Waals surface area contributed by atoms with Crippen molar-refractivity contribution in [3.63, 3.8) is 0 Å². The van der Waals surface area contributed by atoms with Crippen LogP contribution in [0.1, 0.15) is 30.3 Å². The number of nitrogens with two attached hydrogens (primary N) is 1. The molecule has 2 aromatic heterocycles. The minimum Gasteiger partial charge on any atom is -0.477 e. The highest BCUT2D eigenvalue weighted by Crippen LogP contribution is 2.28. The van der Waals surface area contributed by atoms with E-state index in [1.807, 2.05) is 24.3 Å². The summed E-state index contributed by atoms with van der Waals surface area (Å²) in [6.45, 7) is 3.50. The molecular formula is C22H24N4O3. The fourth-order valence-electron chi connectivity index (χ4n) is 3.58. The molecule has 0 radical (unpaired) electrons. The van der Waals surface area contributed by atoms with E-state index in [1.165, 1.54) is 0 Å². The van der Waals surface area contributed by atoms with Crippen LogP contribution in [0.4, 0.5) is 11.4 Å². The largest absolute Gasteiger partial charge is 0.477 e. The van der Waals surface area contributed by atoms with E-state index in [0.29, 0.717) is 29.8 Å². The van der Waals surface area contributed by atoms with Crippen molar-refractivity contribution in [1.29, 1.82) is 0 Å². The maximum Gasteiger partial charge on any atom is 0.276 e. The van der Waals surface area contributed by atoms with Gasteiger partial charge < -0.3 is 20.5 Å². The minimum absolute atomic E-state index is 0.206. The molecule has 0 spiro atoms. The van der Waals surface area contributed by atoms with Crippen molar-refractivity contribution in [1.82, 2.24) is 9.97 Å². The van der Waals surface area contributed by atoms with Crippen LogP contribution in [0.25, 0.3) is 10.8 Å². The molecule has 2 atom stereocenters. The quantitative estimate of drug-likeness (QED) is 0.687. The number of amides is 1. The Morgan fingerprint density at radius 1 is 1.28 bits per heavy atom. The van der Waals surface area contributed by atoms with Crippen LogP contribution >= 0.6 is 0 Å². The third-order valence-corrected chi connectivity index (χ3v) is 5.09. The van der Waals surface area contributed by atoms with Crippen molar-refractivity contribution >= 4 is 28.1 Å². The smallest absolute Gasteiger partial charge is 0.276 e. The summed E-state index contributed by atoms with van der Waals surface area (Å²) < 4.78 is 11.6. The minimum atomic E-state index is -0.346. The van der Waals surface area contributed by atoms with Crippen molar-refractivity contribution in [2.24, 2.45) is 5.92 Å². The average molecular weight is 392 g/mol. The van der Waals surface area contributed by atoms with Gasteiger partial charge in [0.25, 0.3) is 5.91 Å². The normalized spacial score (nSPS) is 19.1. The Bertz CT molecular complexity index is 1020. The molecule has 0 bridgehead atoms. The molecule has 3 aromatic rings. The summed E-state index contributed by atoms with van der Waals surface area (Å²) in [7, 11) is 0. The zero-order valence-corrected chi connectivity index (χ0v) is 16.3. The van der Waals surface area contributed by atoms with Gasteiger partial charge in [-0.2, -0.15) is 0 Å². The first-order valence-corrected chi connectivity index (χ1v) is 9.75. The zero-order valence-electron chi connectivity index (χ0n) is 16.3. The molecule has 7 nitrogen and oxygen atoms in total. The lowest BCUT2D eigenvalue weighted by Gasteiger charge is -2.27. The molecule has 0 aliphatic carbocycles. The van der Waals surface area contributed by atoms with Gasteiger partial charge in [0.2, 0.25) is 5.88 Å². The van der Waals surface area contributed by atoms with Crippen LogP contribution in [0.15, 0.2) is 48.8 Å². The molecule has 29 heavy (non-hydrogen) atoms. The number of pyridine rings is 2. The van der Waals surface area contributed by atoms with Gasteiger partial charge in [0.05, 0.1) is 18.4 Å². The predicted octanol–water partition coefficient (Wildman–Crippen LogP) is 3.66. The number of nitrogens with one attached hydrogen (secondary N) is 1. The van der Waals surface area contributed by atoms with Crippen LogP contribution in [0.5, 0.6) is 5.88 Å². The summed E-state index contributed by atoms with van der Waals surface area (Å²) in [5.74, 6) is 0.730. The molecule has 3 heterocycles. The van der Waals surface area contributed by atoms with Gasteiger partial charge in [-0.3, -0.25) is 4.79 Å². The molecule has 1 amide bonds. The molecule has 2 unspecified atom stereocenters. The Kier molecular flexibility index (Phi) is 5.57.